The first kappa shape index (κ1) is 34.0. The minimum atomic E-state index is -1.45. The van der Waals surface area contributed by atoms with Crippen LogP contribution in [0.25, 0.3) is 0 Å². The predicted molar refractivity (Wildman–Crippen MR) is 148 cm³/mol. The fourth-order valence-corrected chi connectivity index (χ4v) is 3.92. The molecule has 0 aromatic heterocycles. The van der Waals surface area contributed by atoms with Crippen molar-refractivity contribution < 1.29 is 39.3 Å². The highest BCUT2D eigenvalue weighted by Gasteiger charge is 2.30. The number of benzene rings is 1. The molecule has 1 rings (SSSR count). The molecule has 1 aromatic carbocycles. The van der Waals surface area contributed by atoms with E-state index in [-0.39, 0.29) is 43.9 Å². The van der Waals surface area contributed by atoms with Crippen LogP contribution in [0.2, 0.25) is 0 Å². The van der Waals surface area contributed by atoms with Gasteiger partial charge in [0.15, 0.2) is 5.96 Å². The molecule has 1 aromatic rings. The predicted octanol–water partition coefficient (Wildman–Crippen LogP) is -1.92. The van der Waals surface area contributed by atoms with Crippen molar-refractivity contribution >= 4 is 47.4 Å². The van der Waals surface area contributed by atoms with Gasteiger partial charge in [0.2, 0.25) is 17.7 Å². The number of carbonyl (C=O) groups is 5. The van der Waals surface area contributed by atoms with Gasteiger partial charge in [-0.25, -0.2) is 4.79 Å². The third kappa shape index (κ3) is 13.1. The van der Waals surface area contributed by atoms with E-state index in [1.807, 2.05) is 0 Å². The Labute approximate surface area is 235 Å². The molecule has 0 spiro atoms. The SMILES string of the molecule is CSCCC(NC(=O)C(CCCN=C(N)N)NC(=O)C(Cc1ccc(O)cc1)NC(=O)C(N)CC(=O)O)C(=O)O. The van der Waals surface area contributed by atoms with Crippen LogP contribution in [0.4, 0.5) is 0 Å². The number of hydrogen-bond donors (Lipinski definition) is 9. The van der Waals surface area contributed by atoms with E-state index in [4.69, 9.17) is 22.3 Å². The lowest BCUT2D eigenvalue weighted by molar-refractivity contribution is -0.142. The highest BCUT2D eigenvalue weighted by Crippen LogP contribution is 2.12. The quantitative estimate of drug-likeness (QED) is 0.0520. The average molecular weight is 584 g/mol. The number of carboxylic acids is 2. The van der Waals surface area contributed by atoms with Gasteiger partial charge >= 0.3 is 11.9 Å². The van der Waals surface area contributed by atoms with E-state index in [2.05, 4.69) is 20.9 Å². The zero-order valence-electron chi connectivity index (χ0n) is 22.0. The number of aliphatic carboxylic acids is 2. The Kier molecular flexibility index (Phi) is 14.9. The Bertz CT molecular complexity index is 1050. The molecule has 0 aliphatic rings. The Morgan fingerprint density at radius 3 is 2.02 bits per heavy atom. The lowest BCUT2D eigenvalue weighted by Crippen LogP contribution is -2.57. The fourth-order valence-electron chi connectivity index (χ4n) is 3.45. The summed E-state index contributed by atoms with van der Waals surface area (Å²) in [5.41, 5.74) is 16.8. The Morgan fingerprint density at radius 2 is 1.48 bits per heavy atom. The number of hydrogen-bond acceptors (Lipinski definition) is 9. The zero-order valence-corrected chi connectivity index (χ0v) is 22.9. The van der Waals surface area contributed by atoms with Gasteiger partial charge < -0.3 is 48.5 Å². The van der Waals surface area contributed by atoms with Crippen LogP contribution in [-0.4, -0.2) is 93.7 Å². The summed E-state index contributed by atoms with van der Waals surface area (Å²) in [6.07, 6.45) is 1.45. The second-order valence-corrected chi connectivity index (χ2v) is 9.81. The third-order valence-electron chi connectivity index (χ3n) is 5.54. The molecule has 0 bridgehead atoms. The summed E-state index contributed by atoms with van der Waals surface area (Å²) in [4.78, 5) is 65.4. The van der Waals surface area contributed by atoms with Crippen LogP contribution < -0.4 is 33.2 Å². The van der Waals surface area contributed by atoms with Crippen molar-refractivity contribution in [2.75, 3.05) is 18.6 Å². The summed E-state index contributed by atoms with van der Waals surface area (Å²) in [7, 11) is 0. The molecule has 222 valence electrons. The maximum atomic E-state index is 13.3. The number of phenols is 1. The van der Waals surface area contributed by atoms with E-state index in [9.17, 15) is 34.2 Å². The molecule has 4 unspecified atom stereocenters. The summed E-state index contributed by atoms with van der Waals surface area (Å²) < 4.78 is 0. The molecular formula is C24H37N7O8S. The summed E-state index contributed by atoms with van der Waals surface area (Å²) >= 11 is 1.40. The van der Waals surface area contributed by atoms with E-state index < -0.39 is 60.2 Å². The number of thioether (sulfide) groups is 1. The number of aliphatic imine (C=N–C) groups is 1. The molecule has 15 nitrogen and oxygen atoms in total. The number of rotatable bonds is 18. The minimum absolute atomic E-state index is 0.0239. The first-order valence-electron chi connectivity index (χ1n) is 12.3. The summed E-state index contributed by atoms with van der Waals surface area (Å²) in [6, 6.07) is 0.633. The Morgan fingerprint density at radius 1 is 0.900 bits per heavy atom. The Balaban J connectivity index is 3.18. The van der Waals surface area contributed by atoms with E-state index >= 15 is 0 Å². The largest absolute Gasteiger partial charge is 0.508 e. The molecule has 0 saturated carbocycles. The van der Waals surface area contributed by atoms with Crippen LogP contribution in [-0.2, 0) is 30.4 Å². The molecule has 0 saturated heterocycles. The van der Waals surface area contributed by atoms with Gasteiger partial charge in [0, 0.05) is 13.0 Å². The van der Waals surface area contributed by atoms with Gasteiger partial charge in [0.25, 0.3) is 0 Å². The summed E-state index contributed by atoms with van der Waals surface area (Å²) in [5, 5.41) is 35.4. The van der Waals surface area contributed by atoms with Gasteiger partial charge in [0.05, 0.1) is 12.5 Å². The van der Waals surface area contributed by atoms with Crippen LogP contribution in [0.3, 0.4) is 0 Å². The number of carbonyl (C=O) groups excluding carboxylic acids is 3. The lowest BCUT2D eigenvalue weighted by atomic mass is 10.0. The highest BCUT2D eigenvalue weighted by molar-refractivity contribution is 7.98. The van der Waals surface area contributed by atoms with E-state index in [1.165, 1.54) is 36.0 Å². The molecule has 0 aliphatic heterocycles. The second kappa shape index (κ2) is 17.5. The van der Waals surface area contributed by atoms with Gasteiger partial charge in [-0.15, -0.1) is 0 Å². The number of guanidine groups is 1. The summed E-state index contributed by atoms with van der Waals surface area (Å²) in [5.74, 6) is -4.74. The first-order chi connectivity index (χ1) is 18.8. The molecular weight excluding hydrogens is 546 g/mol. The van der Waals surface area contributed by atoms with Crippen molar-refractivity contribution in [2.45, 2.75) is 56.3 Å². The van der Waals surface area contributed by atoms with Crippen molar-refractivity contribution in [3.63, 3.8) is 0 Å². The fraction of sp³-hybridized carbons (Fsp3) is 0.500. The lowest BCUT2D eigenvalue weighted by Gasteiger charge is -2.25. The average Bonchev–Trinajstić information content (AvgIpc) is 2.88. The van der Waals surface area contributed by atoms with Gasteiger partial charge in [-0.2, -0.15) is 11.8 Å². The van der Waals surface area contributed by atoms with Crippen LogP contribution in [0.15, 0.2) is 29.3 Å². The normalized spacial score (nSPS) is 13.7. The van der Waals surface area contributed by atoms with Gasteiger partial charge in [-0.05, 0) is 49.0 Å². The molecule has 0 aliphatic carbocycles. The molecule has 40 heavy (non-hydrogen) atoms. The molecule has 3 amide bonds. The smallest absolute Gasteiger partial charge is 0.326 e. The number of aromatic hydroxyl groups is 1. The van der Waals surface area contributed by atoms with E-state index in [0.717, 1.165) is 0 Å². The highest BCUT2D eigenvalue weighted by atomic mass is 32.2. The third-order valence-corrected chi connectivity index (χ3v) is 6.19. The molecule has 12 N–H and O–H groups in total. The number of nitrogens with zero attached hydrogens (tertiary/aromatic N) is 1. The number of phenolic OH excluding ortho intramolecular Hbond substituents is 1. The van der Waals surface area contributed by atoms with Crippen molar-refractivity contribution in [1.29, 1.82) is 0 Å². The van der Waals surface area contributed by atoms with Crippen molar-refractivity contribution in [2.24, 2.45) is 22.2 Å². The van der Waals surface area contributed by atoms with Crippen molar-refractivity contribution in [3.8, 4) is 5.75 Å². The molecule has 0 heterocycles. The molecule has 16 heteroatoms. The van der Waals surface area contributed by atoms with Gasteiger partial charge in [-0.3, -0.25) is 24.2 Å². The molecule has 4 atom stereocenters. The number of nitrogens with one attached hydrogen (secondary N) is 3. The molecule has 0 radical (unpaired) electrons. The van der Waals surface area contributed by atoms with E-state index in [0.29, 0.717) is 11.3 Å². The van der Waals surface area contributed by atoms with Crippen molar-refractivity contribution in [3.05, 3.63) is 29.8 Å². The van der Waals surface area contributed by atoms with E-state index in [1.54, 1.807) is 6.26 Å². The van der Waals surface area contributed by atoms with Crippen LogP contribution >= 0.6 is 11.8 Å². The number of nitrogens with two attached hydrogens (primary N) is 3. The zero-order chi connectivity index (χ0) is 30.2. The topological polar surface area (TPSA) is 273 Å². The van der Waals surface area contributed by atoms with Gasteiger partial charge in [0.1, 0.15) is 23.9 Å². The monoisotopic (exact) mass is 583 g/mol. The number of carboxylic acid groups (broad SMARTS) is 2. The Hall–Kier alpha value is -4.05. The maximum absolute atomic E-state index is 13.3. The van der Waals surface area contributed by atoms with Crippen molar-refractivity contribution in [1.82, 2.24) is 16.0 Å². The van der Waals surface area contributed by atoms with Crippen LogP contribution in [0.5, 0.6) is 5.75 Å². The van der Waals surface area contributed by atoms with Crippen LogP contribution in [0.1, 0.15) is 31.2 Å². The minimum Gasteiger partial charge on any atom is -0.508 e. The number of amides is 3. The maximum Gasteiger partial charge on any atom is 0.326 e. The van der Waals surface area contributed by atoms with Crippen LogP contribution in [0, 0.1) is 0 Å². The standard InChI is InChI=1S/C24H37N7O8S/c1-40-10-8-17(23(38)39)30-21(36)16(3-2-9-28-24(26)27)29-22(37)18(11-13-4-6-14(32)7-5-13)31-20(35)15(25)12-19(33)34/h4-7,15-18,32H,2-3,8-12,25H2,1H3,(H,29,37)(H,30,36)(H,31,35)(H,33,34)(H,38,39)(H4,26,27,28). The summed E-state index contributed by atoms with van der Waals surface area (Å²) in [6.45, 7) is 0.133. The second-order valence-electron chi connectivity index (χ2n) is 8.83. The first-order valence-corrected chi connectivity index (χ1v) is 13.7. The molecule has 0 fully saturated rings. The van der Waals surface area contributed by atoms with Gasteiger partial charge in [-0.1, -0.05) is 12.1 Å².